The number of nitrogens with two attached hydrogens (primary N) is 1. The Morgan fingerprint density at radius 3 is 2.61 bits per heavy atom. The lowest BCUT2D eigenvalue weighted by atomic mass is 9.96. The number of ether oxygens (including phenoxy) is 1. The van der Waals surface area contributed by atoms with Gasteiger partial charge in [-0.1, -0.05) is 0 Å². The van der Waals surface area contributed by atoms with Gasteiger partial charge >= 0.3 is 5.97 Å². The predicted molar refractivity (Wildman–Crippen MR) is 90.5 cm³/mol. The maximum absolute atomic E-state index is 12.0. The lowest BCUT2D eigenvalue weighted by Gasteiger charge is -2.30. The van der Waals surface area contributed by atoms with Crippen LogP contribution in [0, 0.1) is 5.92 Å². The van der Waals surface area contributed by atoms with Crippen molar-refractivity contribution in [2.24, 2.45) is 11.7 Å². The zero-order chi connectivity index (χ0) is 16.8. The fourth-order valence-corrected chi connectivity index (χ4v) is 3.58. The van der Waals surface area contributed by atoms with Crippen LogP contribution in [0.3, 0.4) is 0 Å². The van der Waals surface area contributed by atoms with E-state index in [0.29, 0.717) is 25.9 Å². The highest BCUT2D eigenvalue weighted by Crippen LogP contribution is 2.23. The summed E-state index contributed by atoms with van der Waals surface area (Å²) in [6.45, 7) is 0.630. The van der Waals surface area contributed by atoms with Gasteiger partial charge in [-0.2, -0.15) is 0 Å². The summed E-state index contributed by atoms with van der Waals surface area (Å²) < 4.78 is 5.92. The van der Waals surface area contributed by atoms with E-state index >= 15 is 0 Å². The van der Waals surface area contributed by atoms with Crippen LogP contribution in [0.25, 0.3) is 6.08 Å². The van der Waals surface area contributed by atoms with Crippen LogP contribution >= 0.6 is 27.3 Å². The summed E-state index contributed by atoms with van der Waals surface area (Å²) >= 11 is 4.82. The number of hydrogen-bond acceptors (Lipinski definition) is 5. The van der Waals surface area contributed by atoms with E-state index in [4.69, 9.17) is 10.5 Å². The maximum Gasteiger partial charge on any atom is 0.331 e. The first-order chi connectivity index (χ1) is 11.0. The molecule has 0 bridgehead atoms. The Balaban J connectivity index is 1.73. The number of esters is 1. The smallest absolute Gasteiger partial charge is 0.331 e. The number of hydrogen-bond donors (Lipinski definition) is 1. The number of thiophene rings is 1. The molecule has 0 saturated carbocycles. The highest BCUT2D eigenvalue weighted by Gasteiger charge is 2.26. The Morgan fingerprint density at radius 2 is 2.04 bits per heavy atom. The molecule has 23 heavy (non-hydrogen) atoms. The Labute approximate surface area is 146 Å². The van der Waals surface area contributed by atoms with Gasteiger partial charge < -0.3 is 15.4 Å². The molecule has 2 heterocycles. The number of rotatable bonds is 5. The molecular weight excluding hydrogens is 384 g/mol. The van der Waals surface area contributed by atoms with Gasteiger partial charge in [0, 0.05) is 30.0 Å². The standard InChI is InChI=1S/C15H17BrN2O4S/c16-12-3-1-11(23-12)2-4-14(20)22-9-13(19)18-7-5-10(6-8-18)15(17)21/h1-4,10H,5-9H2,(H2,17,21)/b4-2+. The van der Waals surface area contributed by atoms with Crippen molar-refractivity contribution in [2.45, 2.75) is 12.8 Å². The third kappa shape index (κ3) is 5.47. The zero-order valence-electron chi connectivity index (χ0n) is 12.4. The molecule has 1 aromatic heterocycles. The van der Waals surface area contributed by atoms with E-state index in [1.54, 1.807) is 11.0 Å². The minimum Gasteiger partial charge on any atom is -0.452 e. The monoisotopic (exact) mass is 400 g/mol. The molecule has 1 aromatic rings. The van der Waals surface area contributed by atoms with Crippen LogP contribution < -0.4 is 5.73 Å². The lowest BCUT2D eigenvalue weighted by Crippen LogP contribution is -2.43. The Bertz CT molecular complexity index is 621. The summed E-state index contributed by atoms with van der Waals surface area (Å²) in [6.07, 6.45) is 4.05. The molecule has 124 valence electrons. The predicted octanol–water partition coefficient (Wildman–Crippen LogP) is 1.79. The van der Waals surface area contributed by atoms with Gasteiger partial charge in [0.1, 0.15) is 0 Å². The molecule has 0 unspecified atom stereocenters. The number of nitrogens with zero attached hydrogens (tertiary/aromatic N) is 1. The quantitative estimate of drug-likeness (QED) is 0.602. The van der Waals surface area contributed by atoms with E-state index < -0.39 is 5.97 Å². The molecule has 1 aliphatic heterocycles. The van der Waals surface area contributed by atoms with Gasteiger partial charge in [-0.25, -0.2) is 4.79 Å². The van der Waals surface area contributed by atoms with Crippen LogP contribution in [0.2, 0.25) is 0 Å². The van der Waals surface area contributed by atoms with Gasteiger partial charge in [-0.15, -0.1) is 11.3 Å². The second-order valence-corrected chi connectivity index (χ2v) is 7.63. The second-order valence-electron chi connectivity index (χ2n) is 5.14. The van der Waals surface area contributed by atoms with Crippen molar-refractivity contribution in [1.29, 1.82) is 0 Å². The van der Waals surface area contributed by atoms with E-state index in [1.807, 2.05) is 12.1 Å². The van der Waals surface area contributed by atoms with Gasteiger partial charge in [0.25, 0.3) is 5.91 Å². The van der Waals surface area contributed by atoms with E-state index in [1.165, 1.54) is 17.4 Å². The second kappa shape index (κ2) is 8.26. The number of carbonyl (C=O) groups is 3. The molecule has 2 rings (SSSR count). The number of likely N-dealkylation sites (tertiary alicyclic amines) is 1. The fraction of sp³-hybridized carbons (Fsp3) is 0.400. The first-order valence-corrected chi connectivity index (χ1v) is 8.74. The first kappa shape index (κ1) is 17.7. The van der Waals surface area contributed by atoms with Crippen molar-refractivity contribution >= 4 is 51.1 Å². The van der Waals surface area contributed by atoms with Crippen LogP contribution in [0.15, 0.2) is 22.0 Å². The average molecular weight is 401 g/mol. The number of carbonyl (C=O) groups excluding carboxylic acids is 3. The van der Waals surface area contributed by atoms with Gasteiger partial charge in [0.2, 0.25) is 5.91 Å². The van der Waals surface area contributed by atoms with Crippen LogP contribution in [0.1, 0.15) is 17.7 Å². The minimum atomic E-state index is -0.560. The highest BCUT2D eigenvalue weighted by atomic mass is 79.9. The number of halogens is 1. The molecule has 1 saturated heterocycles. The molecule has 6 nitrogen and oxygen atoms in total. The third-order valence-corrected chi connectivity index (χ3v) is 5.15. The van der Waals surface area contributed by atoms with Crippen LogP contribution in [0.5, 0.6) is 0 Å². The Hall–Kier alpha value is -1.67. The van der Waals surface area contributed by atoms with Crippen LogP contribution in [-0.4, -0.2) is 42.4 Å². The van der Waals surface area contributed by atoms with Crippen LogP contribution in [0.4, 0.5) is 0 Å². The first-order valence-electron chi connectivity index (χ1n) is 7.13. The Morgan fingerprint density at radius 1 is 1.35 bits per heavy atom. The van der Waals surface area contributed by atoms with Gasteiger partial charge in [0.05, 0.1) is 3.79 Å². The summed E-state index contributed by atoms with van der Waals surface area (Å²) in [5.74, 6) is -1.31. The normalized spacial score (nSPS) is 15.8. The minimum absolute atomic E-state index is 0.172. The van der Waals surface area contributed by atoms with E-state index in [0.717, 1.165) is 8.66 Å². The van der Waals surface area contributed by atoms with E-state index in [2.05, 4.69) is 15.9 Å². The average Bonchev–Trinajstić information content (AvgIpc) is 2.96. The molecule has 0 spiro atoms. The number of piperidine rings is 1. The number of amides is 2. The van der Waals surface area contributed by atoms with E-state index in [-0.39, 0.29) is 24.3 Å². The van der Waals surface area contributed by atoms with Crippen molar-refractivity contribution < 1.29 is 19.1 Å². The summed E-state index contributed by atoms with van der Waals surface area (Å²) in [5, 5.41) is 0. The molecule has 2 N–H and O–H groups in total. The van der Waals surface area contributed by atoms with Gasteiger partial charge in [-0.05, 0) is 47.0 Å². The van der Waals surface area contributed by atoms with Crippen molar-refractivity contribution in [3.05, 3.63) is 26.9 Å². The summed E-state index contributed by atoms with van der Waals surface area (Å²) in [7, 11) is 0. The molecular formula is C15H17BrN2O4S. The molecule has 0 atom stereocenters. The molecule has 2 amide bonds. The van der Waals surface area contributed by atoms with Crippen LogP contribution in [-0.2, 0) is 19.1 Å². The third-order valence-electron chi connectivity index (χ3n) is 3.57. The summed E-state index contributed by atoms with van der Waals surface area (Å²) in [4.78, 5) is 37.1. The largest absolute Gasteiger partial charge is 0.452 e. The van der Waals surface area contributed by atoms with E-state index in [9.17, 15) is 14.4 Å². The molecule has 0 aromatic carbocycles. The van der Waals surface area contributed by atoms with Crippen molar-refractivity contribution in [1.82, 2.24) is 4.90 Å². The Kier molecular flexibility index (Phi) is 6.35. The van der Waals surface area contributed by atoms with Crippen molar-refractivity contribution in [3.8, 4) is 0 Å². The lowest BCUT2D eigenvalue weighted by molar-refractivity contribution is -0.149. The van der Waals surface area contributed by atoms with Gasteiger partial charge in [-0.3, -0.25) is 9.59 Å². The zero-order valence-corrected chi connectivity index (χ0v) is 14.8. The molecule has 0 aliphatic carbocycles. The molecule has 8 heteroatoms. The highest BCUT2D eigenvalue weighted by molar-refractivity contribution is 9.11. The molecule has 0 radical (unpaired) electrons. The maximum atomic E-state index is 12.0. The fourth-order valence-electron chi connectivity index (χ4n) is 2.25. The topological polar surface area (TPSA) is 89.7 Å². The molecule has 1 aliphatic rings. The van der Waals surface area contributed by atoms with Gasteiger partial charge in [0.15, 0.2) is 6.61 Å². The van der Waals surface area contributed by atoms with Crippen molar-refractivity contribution in [3.63, 3.8) is 0 Å². The SMILES string of the molecule is NC(=O)C1CCN(C(=O)COC(=O)/C=C/c2ccc(Br)s2)CC1. The molecule has 1 fully saturated rings. The van der Waals surface area contributed by atoms with Crippen molar-refractivity contribution in [2.75, 3.05) is 19.7 Å². The summed E-state index contributed by atoms with van der Waals surface area (Å²) in [6, 6.07) is 3.75. The summed E-state index contributed by atoms with van der Waals surface area (Å²) in [5.41, 5.74) is 5.25. The number of primary amides is 1.